The monoisotopic (exact) mass is 374 g/mol. The molecule has 2 saturated heterocycles. The topological polar surface area (TPSA) is 95.0 Å². The van der Waals surface area contributed by atoms with Crippen molar-refractivity contribution >= 4 is 40.9 Å². The average molecular weight is 374 g/mol. The van der Waals surface area contributed by atoms with E-state index in [-0.39, 0.29) is 12.5 Å². The normalized spacial score (nSPS) is 20.1. The van der Waals surface area contributed by atoms with Gasteiger partial charge in [0, 0.05) is 13.1 Å². The highest BCUT2D eigenvalue weighted by molar-refractivity contribution is 8.18. The molecule has 0 saturated carbocycles. The van der Waals surface area contributed by atoms with Crippen LogP contribution in [0.2, 0.25) is 0 Å². The van der Waals surface area contributed by atoms with Gasteiger partial charge in [-0.05, 0) is 36.2 Å². The van der Waals surface area contributed by atoms with Crippen molar-refractivity contribution in [3.63, 3.8) is 0 Å². The molecule has 0 radical (unpaired) electrons. The number of likely N-dealkylation sites (tertiary alicyclic amines) is 1. The van der Waals surface area contributed by atoms with Crippen LogP contribution in [-0.4, -0.2) is 57.6 Å². The smallest absolute Gasteiger partial charge is 0.306 e. The van der Waals surface area contributed by atoms with Crippen LogP contribution in [0.15, 0.2) is 35.2 Å². The maximum atomic E-state index is 12.4. The van der Waals surface area contributed by atoms with Crippen LogP contribution < -0.4 is 0 Å². The first-order valence-corrected chi connectivity index (χ1v) is 9.08. The number of benzene rings is 1. The first-order chi connectivity index (χ1) is 12.5. The molecule has 1 aromatic rings. The van der Waals surface area contributed by atoms with Crippen LogP contribution in [0.5, 0.6) is 0 Å². The molecular weight excluding hydrogens is 356 g/mol. The largest absolute Gasteiger partial charge is 0.481 e. The molecule has 2 aliphatic heterocycles. The number of carboxylic acids is 1. The van der Waals surface area contributed by atoms with Gasteiger partial charge in [-0.1, -0.05) is 30.3 Å². The highest BCUT2D eigenvalue weighted by Gasteiger charge is 2.37. The summed E-state index contributed by atoms with van der Waals surface area (Å²) >= 11 is 0.820. The molecule has 0 aromatic heterocycles. The Kier molecular flexibility index (Phi) is 5.41. The van der Waals surface area contributed by atoms with Gasteiger partial charge in [0.2, 0.25) is 5.91 Å². The van der Waals surface area contributed by atoms with Crippen molar-refractivity contribution in [3.05, 3.63) is 40.8 Å². The highest BCUT2D eigenvalue weighted by atomic mass is 32.2. The summed E-state index contributed by atoms with van der Waals surface area (Å²) in [6, 6.07) is 9.17. The molecule has 1 aromatic carbocycles. The number of carbonyl (C=O) groups excluding carboxylic acids is 3. The fourth-order valence-corrected chi connectivity index (χ4v) is 3.79. The quantitative estimate of drug-likeness (QED) is 0.811. The predicted octanol–water partition coefficient (Wildman–Crippen LogP) is 2.05. The number of nitrogens with zero attached hydrogens (tertiary/aromatic N) is 2. The highest BCUT2D eigenvalue weighted by Crippen LogP contribution is 2.32. The Morgan fingerprint density at radius 2 is 1.81 bits per heavy atom. The van der Waals surface area contributed by atoms with Gasteiger partial charge in [0.15, 0.2) is 0 Å². The van der Waals surface area contributed by atoms with Gasteiger partial charge < -0.3 is 10.0 Å². The van der Waals surface area contributed by atoms with Crippen molar-refractivity contribution in [3.8, 4) is 0 Å². The summed E-state index contributed by atoms with van der Waals surface area (Å²) in [5.41, 5.74) is 0.806. The molecule has 2 aliphatic rings. The third kappa shape index (κ3) is 3.96. The molecule has 1 N–H and O–H groups in total. The molecule has 8 heteroatoms. The Labute approximate surface area is 154 Å². The summed E-state index contributed by atoms with van der Waals surface area (Å²) in [6.45, 7) is 0.340. The van der Waals surface area contributed by atoms with E-state index in [2.05, 4.69) is 0 Å². The Hall–Kier alpha value is -2.61. The number of aliphatic carboxylic acids is 1. The molecule has 7 nitrogen and oxygen atoms in total. The number of rotatable bonds is 4. The van der Waals surface area contributed by atoms with Crippen LogP contribution in [0.3, 0.4) is 0 Å². The van der Waals surface area contributed by atoms with Gasteiger partial charge >= 0.3 is 5.97 Å². The summed E-state index contributed by atoms with van der Waals surface area (Å²) in [7, 11) is 0. The first kappa shape index (κ1) is 18.2. The van der Waals surface area contributed by atoms with E-state index in [1.165, 1.54) is 4.90 Å². The molecular formula is C18H18N2O5S. The minimum absolute atomic E-state index is 0.290. The van der Waals surface area contributed by atoms with E-state index in [0.717, 1.165) is 22.2 Å². The number of thioether (sulfide) groups is 1. The van der Waals surface area contributed by atoms with E-state index in [1.807, 2.05) is 30.3 Å². The van der Waals surface area contributed by atoms with Gasteiger partial charge in [-0.3, -0.25) is 24.1 Å². The Bertz CT molecular complexity index is 769. The number of carboxylic acid groups (broad SMARTS) is 1. The Balaban J connectivity index is 1.62. The van der Waals surface area contributed by atoms with Crippen molar-refractivity contribution < 1.29 is 24.3 Å². The molecule has 3 rings (SSSR count). The second-order valence-corrected chi connectivity index (χ2v) is 7.17. The van der Waals surface area contributed by atoms with Gasteiger partial charge in [0.1, 0.15) is 6.54 Å². The third-order valence-corrected chi connectivity index (χ3v) is 5.37. The molecule has 26 heavy (non-hydrogen) atoms. The lowest BCUT2D eigenvalue weighted by Gasteiger charge is -2.30. The molecule has 3 amide bonds. The summed E-state index contributed by atoms with van der Waals surface area (Å²) in [5.74, 6) is -2.10. The standard InChI is InChI=1S/C18H18N2O5S/c21-15(19-8-6-13(7-9-19)17(23)24)11-20-16(22)14(26-18(20)25)10-12-4-2-1-3-5-12/h1-5,10,13H,6-9,11H2,(H,23,24)/b14-10+. The minimum atomic E-state index is -0.853. The summed E-state index contributed by atoms with van der Waals surface area (Å²) in [4.78, 5) is 50.7. The number of hydrogen-bond donors (Lipinski definition) is 1. The van der Waals surface area contributed by atoms with Crippen molar-refractivity contribution in [1.82, 2.24) is 9.80 Å². The zero-order valence-corrected chi connectivity index (χ0v) is 14.8. The molecule has 2 fully saturated rings. The molecule has 0 spiro atoms. The van der Waals surface area contributed by atoms with Gasteiger partial charge in [-0.25, -0.2) is 0 Å². The SMILES string of the molecule is O=C(O)C1CCN(C(=O)CN2C(=O)S/C(=C/c3ccccc3)C2=O)CC1. The van der Waals surface area contributed by atoms with Crippen molar-refractivity contribution in [2.75, 3.05) is 19.6 Å². The Morgan fingerprint density at radius 1 is 1.15 bits per heavy atom. The fourth-order valence-electron chi connectivity index (χ4n) is 2.95. The van der Waals surface area contributed by atoms with E-state index in [4.69, 9.17) is 5.11 Å². The second-order valence-electron chi connectivity index (χ2n) is 6.17. The van der Waals surface area contributed by atoms with Gasteiger partial charge in [0.05, 0.1) is 10.8 Å². The van der Waals surface area contributed by atoms with E-state index >= 15 is 0 Å². The van der Waals surface area contributed by atoms with E-state index in [1.54, 1.807) is 6.08 Å². The van der Waals surface area contributed by atoms with Crippen molar-refractivity contribution in [1.29, 1.82) is 0 Å². The lowest BCUT2D eigenvalue weighted by atomic mass is 9.97. The molecule has 0 unspecified atom stereocenters. The van der Waals surface area contributed by atoms with E-state index in [0.29, 0.717) is 30.8 Å². The van der Waals surface area contributed by atoms with E-state index < -0.39 is 23.0 Å². The number of imide groups is 1. The lowest BCUT2D eigenvalue weighted by Crippen LogP contribution is -2.46. The van der Waals surface area contributed by atoms with Crippen LogP contribution in [0, 0.1) is 5.92 Å². The zero-order valence-electron chi connectivity index (χ0n) is 14.0. The van der Waals surface area contributed by atoms with Crippen LogP contribution in [0.1, 0.15) is 18.4 Å². The Morgan fingerprint density at radius 3 is 2.42 bits per heavy atom. The minimum Gasteiger partial charge on any atom is -0.481 e. The van der Waals surface area contributed by atoms with Crippen LogP contribution in [0.25, 0.3) is 6.08 Å². The summed E-state index contributed by atoms with van der Waals surface area (Å²) < 4.78 is 0. The number of piperidine rings is 1. The first-order valence-electron chi connectivity index (χ1n) is 8.26. The van der Waals surface area contributed by atoms with Gasteiger partial charge in [-0.15, -0.1) is 0 Å². The van der Waals surface area contributed by atoms with Gasteiger partial charge in [-0.2, -0.15) is 0 Å². The summed E-state index contributed by atoms with van der Waals surface area (Å²) in [6.07, 6.45) is 2.40. The van der Waals surface area contributed by atoms with Crippen molar-refractivity contribution in [2.24, 2.45) is 5.92 Å². The van der Waals surface area contributed by atoms with Crippen LogP contribution in [-0.2, 0) is 14.4 Å². The maximum Gasteiger partial charge on any atom is 0.306 e. The zero-order chi connectivity index (χ0) is 18.7. The van der Waals surface area contributed by atoms with Crippen LogP contribution >= 0.6 is 11.8 Å². The average Bonchev–Trinajstić information content (AvgIpc) is 2.90. The van der Waals surface area contributed by atoms with Gasteiger partial charge in [0.25, 0.3) is 11.1 Å². The maximum absolute atomic E-state index is 12.4. The number of carbonyl (C=O) groups is 4. The molecule has 2 heterocycles. The number of amides is 3. The third-order valence-electron chi connectivity index (χ3n) is 4.46. The van der Waals surface area contributed by atoms with Crippen molar-refractivity contribution in [2.45, 2.75) is 12.8 Å². The van der Waals surface area contributed by atoms with Crippen LogP contribution in [0.4, 0.5) is 4.79 Å². The number of hydrogen-bond acceptors (Lipinski definition) is 5. The lowest BCUT2D eigenvalue weighted by molar-refractivity contribution is -0.146. The molecule has 0 bridgehead atoms. The molecule has 0 atom stereocenters. The predicted molar refractivity (Wildman–Crippen MR) is 96.1 cm³/mol. The fraction of sp³-hybridized carbons (Fsp3) is 0.333. The molecule has 0 aliphatic carbocycles. The second kappa shape index (κ2) is 7.74. The molecule has 136 valence electrons. The van der Waals surface area contributed by atoms with E-state index in [9.17, 15) is 19.2 Å². The summed E-state index contributed by atoms with van der Waals surface area (Å²) in [5, 5.41) is 8.54.